The number of aliphatic hydroxyl groups excluding tert-OH is 2. The topological polar surface area (TPSA) is 95.9 Å². The number of carbonyl (C=O) groups excluding carboxylic acids is 2. The third kappa shape index (κ3) is 59.1. The summed E-state index contributed by atoms with van der Waals surface area (Å²) in [5, 5.41) is 23.4. The second kappa shape index (κ2) is 63.4. The highest BCUT2D eigenvalue weighted by atomic mass is 16.5. The van der Waals surface area contributed by atoms with Crippen LogP contribution in [0.2, 0.25) is 0 Å². The van der Waals surface area contributed by atoms with Crippen LogP contribution in [0.5, 0.6) is 0 Å². The molecule has 0 saturated carbocycles. The van der Waals surface area contributed by atoms with Gasteiger partial charge in [-0.2, -0.15) is 0 Å². The Kier molecular flexibility index (Phi) is 61.5. The van der Waals surface area contributed by atoms with Crippen molar-refractivity contribution in [3.05, 3.63) is 48.6 Å². The number of esters is 1. The Bertz CT molecular complexity index is 1240. The lowest BCUT2D eigenvalue weighted by molar-refractivity contribution is -0.143. The molecule has 0 aliphatic rings. The number of rotatable bonds is 61. The molecule has 0 aromatic rings. The quantitative estimate of drug-likeness (QED) is 0.0320. The van der Waals surface area contributed by atoms with Gasteiger partial charge in [0.25, 0.3) is 0 Å². The first-order valence-electron chi connectivity index (χ1n) is 32.9. The third-order valence-corrected chi connectivity index (χ3v) is 15.1. The second-order valence-corrected chi connectivity index (χ2v) is 22.4. The van der Waals surface area contributed by atoms with Gasteiger partial charge in [-0.05, 0) is 96.3 Å². The minimum absolute atomic E-state index is 0.0224. The molecular weight excluding hydrogens is 911 g/mol. The van der Waals surface area contributed by atoms with E-state index in [0.717, 1.165) is 89.9 Å². The van der Waals surface area contributed by atoms with Gasteiger partial charge in [-0.25, -0.2) is 0 Å². The maximum Gasteiger partial charge on any atom is 0.305 e. The predicted octanol–water partition coefficient (Wildman–Crippen LogP) is 20.9. The van der Waals surface area contributed by atoms with E-state index in [-0.39, 0.29) is 18.5 Å². The van der Waals surface area contributed by atoms with Crippen molar-refractivity contribution in [2.45, 2.75) is 360 Å². The molecule has 0 radical (unpaired) electrons. The zero-order valence-corrected chi connectivity index (χ0v) is 49.6. The number of carbonyl (C=O) groups is 2. The largest absolute Gasteiger partial charge is 0.466 e. The van der Waals surface area contributed by atoms with Gasteiger partial charge in [0, 0.05) is 12.8 Å². The van der Waals surface area contributed by atoms with Crippen molar-refractivity contribution in [1.29, 1.82) is 0 Å². The molecule has 6 heteroatoms. The minimum Gasteiger partial charge on any atom is -0.466 e. The standard InChI is InChI=1S/C68H127NO5/c1-3-5-7-9-11-13-15-17-19-21-23-24-25-26-28-32-36-40-44-48-52-56-60-66(71)65(64-70)69-67(72)61-57-53-49-45-41-37-33-29-27-31-35-39-43-47-51-55-59-63-74-68(73)62-58-54-50-46-42-38-34-30-22-20-18-16-14-12-10-8-6-4-2/h14,16,20,22,27,31,39,43,65-66,70-71H,3-13,15,17-19,21,23-26,28-30,32-38,40-42,44-64H2,1-2H3,(H,69,72)/b16-14-,22-20-,31-27-,43-39-. The first kappa shape index (κ1) is 71.8. The van der Waals surface area contributed by atoms with Gasteiger partial charge in [-0.15, -0.1) is 0 Å². The molecule has 0 spiro atoms. The number of nitrogens with one attached hydrogen (secondary N) is 1. The van der Waals surface area contributed by atoms with Crippen molar-refractivity contribution < 1.29 is 24.5 Å². The van der Waals surface area contributed by atoms with Gasteiger partial charge >= 0.3 is 5.97 Å². The molecule has 2 unspecified atom stereocenters. The molecule has 0 aliphatic heterocycles. The number of amides is 1. The number of aliphatic hydroxyl groups is 2. The van der Waals surface area contributed by atoms with E-state index < -0.39 is 12.1 Å². The first-order valence-corrected chi connectivity index (χ1v) is 32.9. The Balaban J connectivity index is 3.49. The van der Waals surface area contributed by atoms with Crippen molar-refractivity contribution in [3.63, 3.8) is 0 Å². The van der Waals surface area contributed by atoms with Crippen molar-refractivity contribution in [2.24, 2.45) is 0 Å². The summed E-state index contributed by atoms with van der Waals surface area (Å²) >= 11 is 0. The lowest BCUT2D eigenvalue weighted by atomic mass is 10.0. The predicted molar refractivity (Wildman–Crippen MR) is 324 cm³/mol. The lowest BCUT2D eigenvalue weighted by Gasteiger charge is -2.22. The molecule has 74 heavy (non-hydrogen) atoms. The van der Waals surface area contributed by atoms with Gasteiger partial charge in [0.1, 0.15) is 0 Å². The molecule has 0 bridgehead atoms. The molecule has 6 nitrogen and oxygen atoms in total. The molecular formula is C68H127NO5. The SMILES string of the molecule is CCCCCC/C=C\C/C=C\CCCCCCCCCC(=O)OCCCCC/C=C\C/C=C\CCCCCCCCCC(=O)NC(CO)C(O)CCCCCCCCCCCCCCCCCCCCCCCC. The number of ether oxygens (including phenoxy) is 1. The lowest BCUT2D eigenvalue weighted by Crippen LogP contribution is -2.45. The maximum absolute atomic E-state index is 12.5. The molecule has 0 fully saturated rings. The van der Waals surface area contributed by atoms with E-state index in [0.29, 0.717) is 25.9 Å². The summed E-state index contributed by atoms with van der Waals surface area (Å²) in [7, 11) is 0. The van der Waals surface area contributed by atoms with Gasteiger partial charge in [-0.3, -0.25) is 9.59 Å². The Morgan fingerprint density at radius 1 is 0.378 bits per heavy atom. The van der Waals surface area contributed by atoms with Crippen LogP contribution < -0.4 is 5.32 Å². The summed E-state index contributed by atoms with van der Waals surface area (Å²) in [5.41, 5.74) is 0. The highest BCUT2D eigenvalue weighted by Gasteiger charge is 2.20. The maximum atomic E-state index is 12.5. The van der Waals surface area contributed by atoms with Crippen LogP contribution >= 0.6 is 0 Å². The zero-order chi connectivity index (χ0) is 53.6. The fourth-order valence-electron chi connectivity index (χ4n) is 10.1. The van der Waals surface area contributed by atoms with E-state index >= 15 is 0 Å². The van der Waals surface area contributed by atoms with Crippen LogP contribution in [0.15, 0.2) is 48.6 Å². The summed E-state index contributed by atoms with van der Waals surface area (Å²) in [6, 6.07) is -0.556. The molecule has 1 amide bonds. The van der Waals surface area contributed by atoms with Crippen molar-refractivity contribution in [1.82, 2.24) is 5.32 Å². The highest BCUT2D eigenvalue weighted by molar-refractivity contribution is 5.76. The summed E-state index contributed by atoms with van der Waals surface area (Å²) < 4.78 is 5.47. The molecule has 0 aromatic carbocycles. The second-order valence-electron chi connectivity index (χ2n) is 22.4. The summed E-state index contributed by atoms with van der Waals surface area (Å²) in [6.45, 7) is 4.91. The van der Waals surface area contributed by atoms with Crippen molar-refractivity contribution >= 4 is 11.9 Å². The molecule has 0 aliphatic carbocycles. The molecule has 0 saturated heterocycles. The van der Waals surface area contributed by atoms with Gasteiger partial charge in [0.05, 0.1) is 25.4 Å². The Labute approximate surface area is 461 Å². The van der Waals surface area contributed by atoms with Crippen LogP contribution in [0.1, 0.15) is 348 Å². The van der Waals surface area contributed by atoms with Crippen molar-refractivity contribution in [2.75, 3.05) is 13.2 Å². The van der Waals surface area contributed by atoms with Crippen molar-refractivity contribution in [3.8, 4) is 0 Å². The highest BCUT2D eigenvalue weighted by Crippen LogP contribution is 2.18. The number of hydrogen-bond acceptors (Lipinski definition) is 5. The monoisotopic (exact) mass is 1040 g/mol. The number of hydrogen-bond donors (Lipinski definition) is 3. The summed E-state index contributed by atoms with van der Waals surface area (Å²) in [4.78, 5) is 24.6. The van der Waals surface area contributed by atoms with E-state index in [1.165, 1.54) is 225 Å². The molecule has 434 valence electrons. The average Bonchev–Trinajstić information content (AvgIpc) is 3.40. The number of unbranched alkanes of at least 4 members (excludes halogenated alkanes) is 42. The van der Waals surface area contributed by atoms with Gasteiger partial charge in [0.2, 0.25) is 5.91 Å². The zero-order valence-electron chi connectivity index (χ0n) is 49.6. The van der Waals surface area contributed by atoms with Crippen LogP contribution in [-0.4, -0.2) is 47.4 Å². The van der Waals surface area contributed by atoms with Crippen LogP contribution in [0.4, 0.5) is 0 Å². The van der Waals surface area contributed by atoms with Crippen LogP contribution in [-0.2, 0) is 14.3 Å². The Morgan fingerprint density at radius 2 is 0.676 bits per heavy atom. The Hall–Kier alpha value is -2.18. The van der Waals surface area contributed by atoms with E-state index in [2.05, 4.69) is 67.8 Å². The molecule has 0 heterocycles. The molecule has 2 atom stereocenters. The minimum atomic E-state index is -0.678. The fraction of sp³-hybridized carbons (Fsp3) is 0.853. The summed E-state index contributed by atoms with van der Waals surface area (Å²) in [6.07, 6.45) is 81.3. The normalized spacial score (nSPS) is 12.9. The van der Waals surface area contributed by atoms with Gasteiger partial charge < -0.3 is 20.3 Å². The first-order chi connectivity index (χ1) is 36.5. The number of allylic oxidation sites excluding steroid dienone is 8. The van der Waals surface area contributed by atoms with Crippen LogP contribution in [0.25, 0.3) is 0 Å². The molecule has 3 N–H and O–H groups in total. The average molecular weight is 1040 g/mol. The van der Waals surface area contributed by atoms with E-state index in [4.69, 9.17) is 4.74 Å². The van der Waals surface area contributed by atoms with E-state index in [1.54, 1.807) is 0 Å². The van der Waals surface area contributed by atoms with E-state index in [1.807, 2.05) is 0 Å². The van der Waals surface area contributed by atoms with Gasteiger partial charge in [0.15, 0.2) is 0 Å². The summed E-state index contributed by atoms with van der Waals surface area (Å²) in [5.74, 6) is -0.0712. The smallest absolute Gasteiger partial charge is 0.305 e. The third-order valence-electron chi connectivity index (χ3n) is 15.1. The van der Waals surface area contributed by atoms with Crippen LogP contribution in [0.3, 0.4) is 0 Å². The van der Waals surface area contributed by atoms with E-state index in [9.17, 15) is 19.8 Å². The van der Waals surface area contributed by atoms with Crippen LogP contribution in [0, 0.1) is 0 Å². The molecule has 0 rings (SSSR count). The Morgan fingerprint density at radius 3 is 1.04 bits per heavy atom. The molecule has 0 aromatic heterocycles. The van der Waals surface area contributed by atoms with Gasteiger partial charge in [-0.1, -0.05) is 287 Å². The fourth-order valence-corrected chi connectivity index (χ4v) is 10.1.